The van der Waals surface area contributed by atoms with Crippen LogP contribution in [0.5, 0.6) is 0 Å². The van der Waals surface area contributed by atoms with E-state index in [1.165, 1.54) is 33.2 Å². The lowest BCUT2D eigenvalue weighted by Crippen LogP contribution is -2.06. The molecular weight excluding hydrogens is 745 g/mol. The van der Waals surface area contributed by atoms with Crippen LogP contribution in [0, 0.1) is 6.92 Å². The van der Waals surface area contributed by atoms with Crippen LogP contribution in [0.2, 0.25) is 0 Å². The molecule has 0 saturated carbocycles. The maximum Gasteiger partial charge on any atom is 0.238 e. The quantitative estimate of drug-likeness (QED) is 0.146. The van der Waals surface area contributed by atoms with Crippen LogP contribution in [0.3, 0.4) is 0 Å². The minimum atomic E-state index is 0.433. The van der Waals surface area contributed by atoms with Gasteiger partial charge in [-0.05, 0) is 95.0 Å². The molecule has 292 valence electrons. The average Bonchev–Trinajstić information content (AvgIpc) is 3.87. The van der Waals surface area contributed by atoms with Crippen molar-refractivity contribution in [2.24, 2.45) is 0 Å². The standard InChI is InChI=1S/C56H42N4O/c1-3-37(38-16-6-4-7-17-38)34-42-20-10-11-21-45(42)44-32-33-50-53(36(44)2)48-23-12-14-24-49(48)60(50)56-58-54(41-28-26-40(27-29-41)39-18-8-5-9-19-39)57-55(59-56)43-30-31-47-46-22-13-15-25-51(46)61-52(47)35-43/h4-33,35,37H,3,34H2,1-2H3. The van der Waals surface area contributed by atoms with E-state index in [0.29, 0.717) is 23.5 Å². The van der Waals surface area contributed by atoms with E-state index < -0.39 is 0 Å². The molecule has 8 aromatic carbocycles. The molecule has 0 amide bonds. The van der Waals surface area contributed by atoms with Crippen LogP contribution in [-0.4, -0.2) is 19.5 Å². The highest BCUT2D eigenvalue weighted by atomic mass is 16.3. The molecule has 0 spiro atoms. The predicted molar refractivity (Wildman–Crippen MR) is 251 cm³/mol. The van der Waals surface area contributed by atoms with E-state index in [0.717, 1.165) is 73.5 Å². The normalized spacial score (nSPS) is 12.2. The Morgan fingerprint density at radius 2 is 1.11 bits per heavy atom. The van der Waals surface area contributed by atoms with Crippen LogP contribution in [0.4, 0.5) is 0 Å². The van der Waals surface area contributed by atoms with Crippen molar-refractivity contribution < 1.29 is 4.42 Å². The Morgan fingerprint density at radius 1 is 0.492 bits per heavy atom. The molecule has 0 saturated heterocycles. The van der Waals surface area contributed by atoms with Gasteiger partial charge in [-0.25, -0.2) is 4.98 Å². The first-order chi connectivity index (χ1) is 30.1. The smallest absolute Gasteiger partial charge is 0.238 e. The maximum atomic E-state index is 6.35. The maximum absolute atomic E-state index is 6.35. The van der Waals surface area contributed by atoms with Gasteiger partial charge in [0.1, 0.15) is 11.2 Å². The number of hydrogen-bond acceptors (Lipinski definition) is 4. The molecule has 5 heteroatoms. The first-order valence-corrected chi connectivity index (χ1v) is 21.1. The second kappa shape index (κ2) is 15.2. The molecule has 1 unspecified atom stereocenters. The lowest BCUT2D eigenvalue weighted by molar-refractivity contribution is 0.661. The largest absolute Gasteiger partial charge is 0.456 e. The van der Waals surface area contributed by atoms with Gasteiger partial charge >= 0.3 is 0 Å². The summed E-state index contributed by atoms with van der Waals surface area (Å²) in [6, 6.07) is 66.3. The molecule has 61 heavy (non-hydrogen) atoms. The lowest BCUT2D eigenvalue weighted by atomic mass is 9.85. The van der Waals surface area contributed by atoms with Gasteiger partial charge in [-0.3, -0.25) is 4.57 Å². The molecule has 11 aromatic rings. The molecule has 0 N–H and O–H groups in total. The number of aryl methyl sites for hydroxylation is 1. The minimum absolute atomic E-state index is 0.433. The second-order valence-corrected chi connectivity index (χ2v) is 15.9. The highest BCUT2D eigenvalue weighted by Crippen LogP contribution is 2.40. The molecule has 11 rings (SSSR count). The van der Waals surface area contributed by atoms with E-state index in [4.69, 9.17) is 19.4 Å². The van der Waals surface area contributed by atoms with E-state index in [-0.39, 0.29) is 0 Å². The van der Waals surface area contributed by atoms with Gasteiger partial charge in [0.2, 0.25) is 5.95 Å². The molecule has 5 nitrogen and oxygen atoms in total. The first kappa shape index (κ1) is 36.4. The van der Waals surface area contributed by atoms with Crippen LogP contribution in [0.15, 0.2) is 192 Å². The second-order valence-electron chi connectivity index (χ2n) is 15.9. The predicted octanol–water partition coefficient (Wildman–Crippen LogP) is 14.6. The molecule has 0 aliphatic heterocycles. The summed E-state index contributed by atoms with van der Waals surface area (Å²) < 4.78 is 8.56. The molecule has 3 heterocycles. The molecule has 0 aliphatic carbocycles. The molecule has 0 fully saturated rings. The van der Waals surface area contributed by atoms with Crippen LogP contribution in [0.1, 0.15) is 36.0 Å². The summed E-state index contributed by atoms with van der Waals surface area (Å²) in [7, 11) is 0. The summed E-state index contributed by atoms with van der Waals surface area (Å²) >= 11 is 0. The Hall–Kier alpha value is -7.63. The van der Waals surface area contributed by atoms with Gasteiger partial charge in [0.05, 0.1) is 11.0 Å². The Kier molecular flexibility index (Phi) is 9.08. The van der Waals surface area contributed by atoms with Gasteiger partial charge in [-0.2, -0.15) is 9.97 Å². The van der Waals surface area contributed by atoms with Gasteiger partial charge < -0.3 is 4.42 Å². The first-order valence-electron chi connectivity index (χ1n) is 21.1. The van der Waals surface area contributed by atoms with Crippen LogP contribution in [0.25, 0.3) is 94.7 Å². The highest BCUT2D eigenvalue weighted by Gasteiger charge is 2.22. The fraction of sp³-hybridized carbons (Fsp3) is 0.0893. The summed E-state index contributed by atoms with van der Waals surface area (Å²) in [5.41, 5.74) is 14.3. The van der Waals surface area contributed by atoms with Crippen LogP contribution < -0.4 is 0 Å². The Morgan fingerprint density at radius 3 is 1.92 bits per heavy atom. The van der Waals surface area contributed by atoms with Crippen molar-refractivity contribution in [3.05, 3.63) is 205 Å². The topological polar surface area (TPSA) is 56.7 Å². The van der Waals surface area contributed by atoms with Gasteiger partial charge in [0.25, 0.3) is 0 Å². The number of benzene rings is 8. The fourth-order valence-electron chi connectivity index (χ4n) is 9.22. The number of furan rings is 1. The molecular formula is C56H42N4O. The zero-order chi connectivity index (χ0) is 40.9. The average molecular weight is 787 g/mol. The number of fused-ring (bicyclic) bond motifs is 6. The number of aromatic nitrogens is 4. The van der Waals surface area contributed by atoms with Gasteiger partial charge in [0.15, 0.2) is 11.6 Å². The molecule has 0 radical (unpaired) electrons. The summed E-state index contributed by atoms with van der Waals surface area (Å²) in [5, 5.41) is 4.50. The summed E-state index contributed by atoms with van der Waals surface area (Å²) in [6.07, 6.45) is 2.04. The zero-order valence-corrected chi connectivity index (χ0v) is 34.1. The van der Waals surface area contributed by atoms with E-state index in [1.807, 2.05) is 24.3 Å². The van der Waals surface area contributed by atoms with Crippen molar-refractivity contribution in [2.45, 2.75) is 32.6 Å². The lowest BCUT2D eigenvalue weighted by Gasteiger charge is -2.19. The molecule has 1 atom stereocenters. The van der Waals surface area contributed by atoms with E-state index in [9.17, 15) is 0 Å². The van der Waals surface area contributed by atoms with E-state index in [2.05, 4.69) is 182 Å². The summed E-state index contributed by atoms with van der Waals surface area (Å²) in [5.74, 6) is 2.17. The van der Waals surface area contributed by atoms with Crippen molar-refractivity contribution in [3.8, 4) is 51.0 Å². The Balaban J connectivity index is 1.08. The summed E-state index contributed by atoms with van der Waals surface area (Å²) in [6.45, 7) is 4.56. The molecule has 0 bridgehead atoms. The number of rotatable bonds is 9. The van der Waals surface area contributed by atoms with E-state index >= 15 is 0 Å². The van der Waals surface area contributed by atoms with Crippen molar-refractivity contribution in [2.75, 3.05) is 0 Å². The third kappa shape index (κ3) is 6.46. The van der Waals surface area contributed by atoms with Crippen molar-refractivity contribution in [1.29, 1.82) is 0 Å². The van der Waals surface area contributed by atoms with Crippen molar-refractivity contribution in [1.82, 2.24) is 19.5 Å². The molecule has 3 aromatic heterocycles. The van der Waals surface area contributed by atoms with Crippen LogP contribution >= 0.6 is 0 Å². The van der Waals surface area contributed by atoms with Crippen molar-refractivity contribution in [3.63, 3.8) is 0 Å². The Labute approximate surface area is 354 Å². The fourth-order valence-corrected chi connectivity index (χ4v) is 9.22. The van der Waals surface area contributed by atoms with Gasteiger partial charge in [0, 0.05) is 32.7 Å². The third-order valence-corrected chi connectivity index (χ3v) is 12.3. The Bertz CT molecular complexity index is 3380. The number of para-hydroxylation sites is 2. The number of nitrogens with zero attached hydrogens (tertiary/aromatic N) is 4. The minimum Gasteiger partial charge on any atom is -0.456 e. The summed E-state index contributed by atoms with van der Waals surface area (Å²) in [4.78, 5) is 15.7. The van der Waals surface area contributed by atoms with Crippen LogP contribution in [-0.2, 0) is 6.42 Å². The zero-order valence-electron chi connectivity index (χ0n) is 34.1. The van der Waals surface area contributed by atoms with Gasteiger partial charge in [-0.1, -0.05) is 165 Å². The third-order valence-electron chi connectivity index (χ3n) is 12.3. The van der Waals surface area contributed by atoms with Gasteiger partial charge in [-0.15, -0.1) is 0 Å². The van der Waals surface area contributed by atoms with E-state index in [1.54, 1.807) is 0 Å². The SMILES string of the molecule is CCC(Cc1ccccc1-c1ccc2c(c1C)c1ccccc1n2-c1nc(-c2ccc(-c3ccccc3)cc2)nc(-c2ccc3c(c2)oc2ccccc23)n1)c1ccccc1. The van der Waals surface area contributed by atoms with Crippen molar-refractivity contribution >= 4 is 43.7 Å². The monoisotopic (exact) mass is 786 g/mol. The highest BCUT2D eigenvalue weighted by molar-refractivity contribution is 6.12. The molecule has 0 aliphatic rings. The number of hydrogen-bond donors (Lipinski definition) is 0.